The van der Waals surface area contributed by atoms with Crippen LogP contribution in [-0.2, 0) is 0 Å². The summed E-state index contributed by atoms with van der Waals surface area (Å²) in [4.78, 5) is 10.7. The zero-order valence-electron chi connectivity index (χ0n) is 7.31. The van der Waals surface area contributed by atoms with Crippen molar-refractivity contribution in [1.29, 1.82) is 0 Å². The molecule has 4 heteroatoms. The number of nitrogen functional groups attached to an aromatic ring is 1. The average Bonchev–Trinajstić information content (AvgIpc) is 2.18. The van der Waals surface area contributed by atoms with Gasteiger partial charge in [-0.25, -0.2) is 5.84 Å². The Labute approximate surface area is 80.2 Å². The number of rotatable bonds is 1. The monoisotopic (exact) mass is 188 g/mol. The number of fused-ring (bicyclic) bond motifs is 1. The first-order valence-electron chi connectivity index (χ1n) is 4.10. The Kier molecular flexibility index (Phi) is 1.81. The minimum absolute atomic E-state index is 0.0382. The number of carboxylic acids is 1. The van der Waals surface area contributed by atoms with Gasteiger partial charge >= 0.3 is 0 Å². The third kappa shape index (κ3) is 1.17. The Balaban J connectivity index is 2.81. The highest BCUT2D eigenvalue weighted by atomic mass is 16.4. The first-order chi connectivity index (χ1) is 6.70. The van der Waals surface area contributed by atoms with E-state index in [2.05, 4.69) is 0 Å². The molecular formula is C10H8N2O2. The zero-order valence-corrected chi connectivity index (χ0v) is 7.31. The second-order valence-corrected chi connectivity index (χ2v) is 2.93. The molecule has 1 heterocycles. The van der Waals surface area contributed by atoms with E-state index >= 15 is 0 Å². The molecule has 0 fully saturated rings. The molecule has 2 rings (SSSR count). The molecule has 2 N–H and O–H groups in total. The predicted octanol–water partition coefficient (Wildman–Crippen LogP) is -0.795. The molecule has 70 valence electrons. The zero-order chi connectivity index (χ0) is 10.1. The van der Waals surface area contributed by atoms with E-state index in [0.717, 1.165) is 10.1 Å². The molecule has 0 unspecified atom stereocenters. The Bertz CT molecular complexity index is 508. The highest BCUT2D eigenvalue weighted by Gasteiger charge is 2.12. The fraction of sp³-hybridized carbons (Fsp3) is 0. The number of hydrogen-bond acceptors (Lipinski definition) is 3. The number of aromatic carboxylic acids is 1. The summed E-state index contributed by atoms with van der Waals surface area (Å²) in [6.07, 6.45) is 0. The summed E-state index contributed by atoms with van der Waals surface area (Å²) in [7, 11) is 0. The maximum atomic E-state index is 10.7. The van der Waals surface area contributed by atoms with Crippen molar-refractivity contribution in [2.75, 3.05) is 5.84 Å². The highest BCUT2D eigenvalue weighted by Crippen LogP contribution is 2.08. The summed E-state index contributed by atoms with van der Waals surface area (Å²) in [5.74, 6) is 4.34. The Morgan fingerprint density at radius 2 is 1.93 bits per heavy atom. The molecular weight excluding hydrogens is 180 g/mol. The van der Waals surface area contributed by atoms with Crippen molar-refractivity contribution in [3.8, 4) is 0 Å². The first kappa shape index (κ1) is 8.50. The smallest absolute Gasteiger partial charge is 0.258 e. The van der Waals surface area contributed by atoms with Gasteiger partial charge in [-0.05, 0) is 12.1 Å². The third-order valence-corrected chi connectivity index (χ3v) is 2.09. The van der Waals surface area contributed by atoms with E-state index in [9.17, 15) is 9.90 Å². The molecule has 0 spiro atoms. The van der Waals surface area contributed by atoms with Crippen molar-refractivity contribution in [3.05, 3.63) is 42.1 Å². The van der Waals surface area contributed by atoms with Crippen LogP contribution in [0.4, 0.5) is 0 Å². The van der Waals surface area contributed by atoms with Crippen molar-refractivity contribution in [2.24, 2.45) is 0 Å². The van der Waals surface area contributed by atoms with Crippen LogP contribution in [0, 0.1) is 0 Å². The molecule has 0 saturated carbocycles. The summed E-state index contributed by atoms with van der Waals surface area (Å²) >= 11 is 0. The highest BCUT2D eigenvalue weighted by molar-refractivity contribution is 5.85. The molecule has 4 nitrogen and oxygen atoms in total. The first-order valence-corrected chi connectivity index (χ1v) is 4.10. The third-order valence-electron chi connectivity index (χ3n) is 2.09. The molecule has 0 aliphatic rings. The van der Waals surface area contributed by atoms with E-state index in [0.29, 0.717) is 5.52 Å². The van der Waals surface area contributed by atoms with E-state index in [4.69, 9.17) is 5.84 Å². The van der Waals surface area contributed by atoms with Gasteiger partial charge in [0.1, 0.15) is 5.97 Å². The number of nitrogens with zero attached hydrogens (tertiary/aromatic N) is 1. The van der Waals surface area contributed by atoms with Crippen LogP contribution >= 0.6 is 0 Å². The molecule has 0 atom stereocenters. The molecule has 0 bridgehead atoms. The van der Waals surface area contributed by atoms with Gasteiger partial charge in [0.05, 0.1) is 0 Å². The molecule has 1 aromatic heterocycles. The second kappa shape index (κ2) is 2.99. The van der Waals surface area contributed by atoms with Crippen LogP contribution in [0.5, 0.6) is 0 Å². The van der Waals surface area contributed by atoms with Crippen molar-refractivity contribution in [3.63, 3.8) is 0 Å². The molecule has 0 aliphatic carbocycles. The molecule has 2 aromatic rings. The van der Waals surface area contributed by atoms with Crippen molar-refractivity contribution < 1.29 is 14.6 Å². The number of aromatic nitrogens is 1. The van der Waals surface area contributed by atoms with E-state index in [-0.39, 0.29) is 5.69 Å². The van der Waals surface area contributed by atoms with Crippen LogP contribution in [0.2, 0.25) is 0 Å². The van der Waals surface area contributed by atoms with Crippen LogP contribution in [0.3, 0.4) is 0 Å². The van der Waals surface area contributed by atoms with E-state index in [1.165, 1.54) is 6.07 Å². The van der Waals surface area contributed by atoms with E-state index in [1.54, 1.807) is 18.2 Å². The summed E-state index contributed by atoms with van der Waals surface area (Å²) in [6.45, 7) is 0. The topological polar surface area (TPSA) is 70.0 Å². The maximum Gasteiger partial charge on any atom is 0.258 e. The van der Waals surface area contributed by atoms with E-state index < -0.39 is 5.97 Å². The Morgan fingerprint density at radius 1 is 1.21 bits per heavy atom. The number of carbonyl (C=O) groups excluding carboxylic acids is 1. The fourth-order valence-corrected chi connectivity index (χ4v) is 1.39. The summed E-state index contributed by atoms with van der Waals surface area (Å²) in [5, 5.41) is 11.5. The summed E-state index contributed by atoms with van der Waals surface area (Å²) < 4.78 is 1.12. The largest absolute Gasteiger partial charge is 0.539 e. The van der Waals surface area contributed by atoms with Crippen LogP contribution in [0.15, 0.2) is 36.4 Å². The quantitative estimate of drug-likeness (QED) is 0.470. The van der Waals surface area contributed by atoms with Crippen LogP contribution in [-0.4, -0.2) is 5.97 Å². The van der Waals surface area contributed by atoms with Crippen molar-refractivity contribution in [1.82, 2.24) is 0 Å². The van der Waals surface area contributed by atoms with Crippen molar-refractivity contribution in [2.45, 2.75) is 0 Å². The number of hydrogen-bond donors (Lipinski definition) is 1. The van der Waals surface area contributed by atoms with Gasteiger partial charge in [-0.15, -0.1) is 0 Å². The van der Waals surface area contributed by atoms with Gasteiger partial charge in [0.25, 0.3) is 5.69 Å². The normalized spacial score (nSPS) is 10.3. The minimum Gasteiger partial charge on any atom is -0.539 e. The number of carbonyl (C=O) groups is 1. The standard InChI is InChI=1S/C10H8N2O2/c11-12-8-4-2-1-3-7(8)5-6-9(12)10(13)14/h1-6H,11H2. The van der Waals surface area contributed by atoms with Gasteiger partial charge < -0.3 is 9.90 Å². The SMILES string of the molecule is N[n+]1c(C(=O)[O-])ccc2ccccc21. The second-order valence-electron chi connectivity index (χ2n) is 2.93. The van der Waals surface area contributed by atoms with Gasteiger partial charge in [0, 0.05) is 17.5 Å². The lowest BCUT2D eigenvalue weighted by atomic mass is 10.2. The molecule has 0 radical (unpaired) electrons. The summed E-state index contributed by atoms with van der Waals surface area (Å²) in [5.41, 5.74) is 0.623. The lowest BCUT2D eigenvalue weighted by Gasteiger charge is -2.01. The van der Waals surface area contributed by atoms with Crippen molar-refractivity contribution >= 4 is 16.9 Å². The number of carboxylic acid groups (broad SMARTS) is 1. The van der Waals surface area contributed by atoms with Crippen LogP contribution < -0.4 is 15.6 Å². The van der Waals surface area contributed by atoms with Crippen LogP contribution in [0.25, 0.3) is 10.9 Å². The number of pyridine rings is 1. The number of para-hydroxylation sites is 1. The molecule has 14 heavy (non-hydrogen) atoms. The molecule has 0 amide bonds. The van der Waals surface area contributed by atoms with Gasteiger partial charge in [-0.1, -0.05) is 16.8 Å². The Morgan fingerprint density at radius 3 is 2.64 bits per heavy atom. The predicted molar refractivity (Wildman–Crippen MR) is 48.6 cm³/mol. The molecule has 1 aromatic carbocycles. The fourth-order valence-electron chi connectivity index (χ4n) is 1.39. The number of nitrogens with two attached hydrogens (primary N) is 1. The number of benzene rings is 1. The van der Waals surface area contributed by atoms with Gasteiger partial charge in [0.15, 0.2) is 0 Å². The average molecular weight is 188 g/mol. The van der Waals surface area contributed by atoms with Crippen LogP contribution in [0.1, 0.15) is 10.5 Å². The molecule has 0 aliphatic heterocycles. The van der Waals surface area contributed by atoms with Gasteiger partial charge in [-0.3, -0.25) is 0 Å². The lowest BCUT2D eigenvalue weighted by molar-refractivity contribution is -0.617. The van der Waals surface area contributed by atoms with E-state index in [1.807, 2.05) is 12.1 Å². The minimum atomic E-state index is -1.28. The Hall–Kier alpha value is -2.10. The molecule has 0 saturated heterocycles. The lowest BCUT2D eigenvalue weighted by Crippen LogP contribution is -2.52. The maximum absolute atomic E-state index is 10.7. The van der Waals surface area contributed by atoms with Gasteiger partial charge in [-0.2, -0.15) is 0 Å². The van der Waals surface area contributed by atoms with Gasteiger partial charge in [0.2, 0.25) is 5.52 Å². The summed E-state index contributed by atoms with van der Waals surface area (Å²) in [6, 6.07) is 10.4.